The Labute approximate surface area is 153 Å². The van der Waals surface area contributed by atoms with Crippen molar-refractivity contribution in [3.63, 3.8) is 0 Å². The van der Waals surface area contributed by atoms with Crippen molar-refractivity contribution in [2.75, 3.05) is 17.6 Å². The number of aromatic nitrogens is 2. The third-order valence-electron chi connectivity index (χ3n) is 6.02. The van der Waals surface area contributed by atoms with Gasteiger partial charge in [0.25, 0.3) is 5.91 Å². The van der Waals surface area contributed by atoms with Gasteiger partial charge in [-0.05, 0) is 56.2 Å². The number of nitrogen functional groups attached to an aromatic ring is 1. The van der Waals surface area contributed by atoms with E-state index in [1.54, 1.807) is 0 Å². The Morgan fingerprint density at radius 1 is 1.46 bits per heavy atom. The van der Waals surface area contributed by atoms with Crippen LogP contribution in [0.2, 0.25) is 0 Å². The third kappa shape index (κ3) is 2.51. The van der Waals surface area contributed by atoms with E-state index in [1.807, 2.05) is 6.92 Å². The lowest BCUT2D eigenvalue weighted by molar-refractivity contribution is 0.0785. The summed E-state index contributed by atoms with van der Waals surface area (Å²) in [6, 6.07) is 6.44. The molecular weight excluding hydrogens is 326 g/mol. The minimum atomic E-state index is -0.642. The minimum absolute atomic E-state index is 0.0472. The van der Waals surface area contributed by atoms with Crippen LogP contribution in [-0.2, 0) is 24.7 Å². The van der Waals surface area contributed by atoms with Gasteiger partial charge < -0.3 is 16.8 Å². The van der Waals surface area contributed by atoms with E-state index in [0.29, 0.717) is 12.2 Å². The number of hydrogen-bond acceptors (Lipinski definition) is 5. The molecule has 1 aliphatic heterocycles. The topological polar surface area (TPSA) is 99.0 Å². The first-order valence-corrected chi connectivity index (χ1v) is 9.48. The predicted molar refractivity (Wildman–Crippen MR) is 104 cm³/mol. The quantitative estimate of drug-likeness (QED) is 0.769. The van der Waals surface area contributed by atoms with Crippen LogP contribution in [0.1, 0.15) is 53.9 Å². The molecule has 6 nitrogen and oxygen atoms in total. The second-order valence-corrected chi connectivity index (χ2v) is 7.77. The van der Waals surface area contributed by atoms with Crippen LogP contribution in [0, 0.1) is 0 Å². The maximum absolute atomic E-state index is 13.6. The number of nitrogens with zero attached hydrogens (tertiary/aromatic N) is 2. The zero-order valence-corrected chi connectivity index (χ0v) is 15.5. The van der Waals surface area contributed by atoms with E-state index in [0.717, 1.165) is 54.7 Å². The first kappa shape index (κ1) is 17.1. The largest absolute Gasteiger partial charge is 0.385 e. The number of anilines is 2. The molecule has 0 radical (unpaired) electrons. The molecule has 138 valence electrons. The highest BCUT2D eigenvalue weighted by atomic mass is 16.2. The van der Waals surface area contributed by atoms with Crippen molar-refractivity contribution in [3.8, 4) is 0 Å². The molecule has 0 bridgehead atoms. The van der Waals surface area contributed by atoms with E-state index in [-0.39, 0.29) is 11.9 Å². The molecule has 5 N–H and O–H groups in total. The zero-order valence-electron chi connectivity index (χ0n) is 15.5. The summed E-state index contributed by atoms with van der Waals surface area (Å²) in [4.78, 5) is 13.6. The Hall–Kier alpha value is -2.34. The molecule has 2 aromatic rings. The molecule has 0 spiro atoms. The minimum Gasteiger partial charge on any atom is -0.385 e. The first-order chi connectivity index (χ1) is 12.4. The van der Waals surface area contributed by atoms with Crippen molar-refractivity contribution >= 4 is 17.4 Å². The maximum Gasteiger partial charge on any atom is 0.259 e. The number of rotatable bonds is 2. The van der Waals surface area contributed by atoms with Crippen LogP contribution in [0.3, 0.4) is 0 Å². The molecule has 1 aromatic carbocycles. The molecular formula is C20H27N5O. The molecule has 1 aliphatic carbocycles. The highest BCUT2D eigenvalue weighted by Crippen LogP contribution is 2.40. The number of fused-ring (bicyclic) bond motifs is 2. The lowest BCUT2D eigenvalue weighted by Gasteiger charge is -2.35. The summed E-state index contributed by atoms with van der Waals surface area (Å²) in [6.45, 7) is 4.90. The van der Waals surface area contributed by atoms with Gasteiger partial charge in [-0.1, -0.05) is 19.1 Å². The molecule has 2 aliphatic rings. The van der Waals surface area contributed by atoms with Crippen LogP contribution in [-0.4, -0.2) is 28.3 Å². The SMILES string of the molecule is CCc1ccc2c(c1)C(C)(C(=O)n1nc3c(c1N)CC(N)CC3)CCN2. The van der Waals surface area contributed by atoms with Gasteiger partial charge >= 0.3 is 0 Å². The van der Waals surface area contributed by atoms with Crippen LogP contribution in [0.25, 0.3) is 0 Å². The Balaban J connectivity index is 1.78. The standard InChI is InChI=1S/C20H27N5O/c1-3-12-4-6-17-15(10-12)20(2,8-9-23-17)19(26)25-18(22)14-11-13(21)5-7-16(14)24-25/h4,6,10,13,23H,3,5,7-9,11,21-22H2,1-2H3. The summed E-state index contributed by atoms with van der Waals surface area (Å²) >= 11 is 0. The number of carbonyl (C=O) groups excluding carboxylic acids is 1. The van der Waals surface area contributed by atoms with Gasteiger partial charge in [0.2, 0.25) is 0 Å². The number of hydrogen-bond donors (Lipinski definition) is 3. The van der Waals surface area contributed by atoms with Gasteiger partial charge in [-0.25, -0.2) is 0 Å². The molecule has 0 fully saturated rings. The number of aryl methyl sites for hydroxylation is 2. The van der Waals surface area contributed by atoms with Crippen LogP contribution in [0.4, 0.5) is 11.5 Å². The summed E-state index contributed by atoms with van der Waals surface area (Å²) in [7, 11) is 0. The van der Waals surface area contributed by atoms with Gasteiger partial charge in [-0.3, -0.25) is 4.79 Å². The van der Waals surface area contributed by atoms with E-state index in [2.05, 4.69) is 35.5 Å². The lowest BCUT2D eigenvalue weighted by atomic mass is 9.75. The molecule has 0 amide bonds. The average Bonchev–Trinajstić information content (AvgIpc) is 2.97. The fraction of sp³-hybridized carbons (Fsp3) is 0.500. The fourth-order valence-corrected chi connectivity index (χ4v) is 4.23. The number of nitrogens with one attached hydrogen (secondary N) is 1. The molecule has 4 rings (SSSR count). The first-order valence-electron chi connectivity index (χ1n) is 9.48. The molecule has 0 saturated carbocycles. The Bertz CT molecular complexity index is 871. The normalized spacial score (nSPS) is 24.5. The summed E-state index contributed by atoms with van der Waals surface area (Å²) in [5, 5.41) is 8.00. The zero-order chi connectivity index (χ0) is 18.5. The molecule has 2 atom stereocenters. The molecule has 2 unspecified atom stereocenters. The van der Waals surface area contributed by atoms with Crippen molar-refractivity contribution in [3.05, 3.63) is 40.6 Å². The summed E-state index contributed by atoms with van der Waals surface area (Å²) in [6.07, 6.45) is 4.03. The summed E-state index contributed by atoms with van der Waals surface area (Å²) < 4.78 is 1.44. The van der Waals surface area contributed by atoms with E-state index < -0.39 is 5.41 Å². The Kier molecular flexibility index (Phi) is 4.03. The molecule has 2 heterocycles. The van der Waals surface area contributed by atoms with Crippen molar-refractivity contribution < 1.29 is 4.79 Å². The van der Waals surface area contributed by atoms with Crippen molar-refractivity contribution in [2.24, 2.45) is 5.73 Å². The molecule has 1 aromatic heterocycles. The smallest absolute Gasteiger partial charge is 0.259 e. The number of carbonyl (C=O) groups is 1. The second kappa shape index (κ2) is 6.13. The van der Waals surface area contributed by atoms with E-state index in [1.165, 1.54) is 10.2 Å². The highest BCUT2D eigenvalue weighted by Gasteiger charge is 2.42. The lowest BCUT2D eigenvalue weighted by Crippen LogP contribution is -2.42. The van der Waals surface area contributed by atoms with Gasteiger partial charge in [-0.2, -0.15) is 9.78 Å². The summed E-state index contributed by atoms with van der Waals surface area (Å²) in [5.41, 5.74) is 17.0. The van der Waals surface area contributed by atoms with E-state index in [4.69, 9.17) is 11.5 Å². The van der Waals surface area contributed by atoms with Crippen molar-refractivity contribution in [1.29, 1.82) is 0 Å². The predicted octanol–water partition coefficient (Wildman–Crippen LogP) is 2.26. The van der Waals surface area contributed by atoms with Crippen LogP contribution < -0.4 is 16.8 Å². The van der Waals surface area contributed by atoms with Gasteiger partial charge in [0, 0.05) is 23.8 Å². The van der Waals surface area contributed by atoms with Crippen molar-refractivity contribution in [2.45, 2.75) is 57.4 Å². The average molecular weight is 353 g/mol. The van der Waals surface area contributed by atoms with Gasteiger partial charge in [-0.15, -0.1) is 0 Å². The van der Waals surface area contributed by atoms with Gasteiger partial charge in [0.05, 0.1) is 11.1 Å². The Morgan fingerprint density at radius 2 is 2.27 bits per heavy atom. The molecule has 26 heavy (non-hydrogen) atoms. The van der Waals surface area contributed by atoms with Gasteiger partial charge in [0.15, 0.2) is 0 Å². The Morgan fingerprint density at radius 3 is 3.04 bits per heavy atom. The number of nitrogens with two attached hydrogens (primary N) is 2. The van der Waals surface area contributed by atoms with Crippen LogP contribution in [0.15, 0.2) is 18.2 Å². The van der Waals surface area contributed by atoms with E-state index >= 15 is 0 Å². The highest BCUT2D eigenvalue weighted by molar-refractivity contribution is 5.94. The van der Waals surface area contributed by atoms with Crippen molar-refractivity contribution in [1.82, 2.24) is 9.78 Å². The monoisotopic (exact) mass is 353 g/mol. The third-order valence-corrected chi connectivity index (χ3v) is 6.02. The van der Waals surface area contributed by atoms with Crippen LogP contribution in [0.5, 0.6) is 0 Å². The second-order valence-electron chi connectivity index (χ2n) is 7.77. The molecule has 0 saturated heterocycles. The fourth-order valence-electron chi connectivity index (χ4n) is 4.23. The molecule has 6 heteroatoms. The maximum atomic E-state index is 13.6. The van der Waals surface area contributed by atoms with Gasteiger partial charge in [0.1, 0.15) is 5.82 Å². The van der Waals surface area contributed by atoms with Crippen LogP contribution >= 0.6 is 0 Å². The summed E-state index contributed by atoms with van der Waals surface area (Å²) in [5.74, 6) is 0.419. The van der Waals surface area contributed by atoms with E-state index in [9.17, 15) is 4.79 Å². The number of benzene rings is 1.